The molecule has 0 aliphatic carbocycles. The third-order valence-electron chi connectivity index (χ3n) is 6.33. The standard InChI is InChI=1S/C24H28N6O/c1-3-16-4-6-17(7-5-16)30-15-21(31)22(23(30)25)24-26-19-9-8-18(14-20(19)27-24)29-12-10-28(2)11-13-29/h4-9,14,25,31H,3,10-13,15H2,1-2H3,(H,26,27). The molecular formula is C24H28N6O. The quantitative estimate of drug-likeness (QED) is 0.605. The molecule has 7 nitrogen and oxygen atoms in total. The van der Waals surface area contributed by atoms with Crippen molar-refractivity contribution in [1.82, 2.24) is 14.9 Å². The Labute approximate surface area is 182 Å². The van der Waals surface area contributed by atoms with Crippen LogP contribution in [0.5, 0.6) is 0 Å². The Morgan fingerprint density at radius 2 is 1.74 bits per heavy atom. The minimum absolute atomic E-state index is 0.169. The molecule has 0 amide bonds. The lowest BCUT2D eigenvalue weighted by molar-refractivity contribution is 0.313. The van der Waals surface area contributed by atoms with Crippen LogP contribution in [0, 0.1) is 5.41 Å². The monoisotopic (exact) mass is 416 g/mol. The van der Waals surface area contributed by atoms with Gasteiger partial charge in [0.1, 0.15) is 17.4 Å². The average Bonchev–Trinajstić information content (AvgIpc) is 3.33. The number of fused-ring (bicyclic) bond motifs is 1. The minimum Gasteiger partial charge on any atom is -0.509 e. The number of anilines is 2. The lowest BCUT2D eigenvalue weighted by Crippen LogP contribution is -2.44. The van der Waals surface area contributed by atoms with Crippen molar-refractivity contribution in [1.29, 1.82) is 5.41 Å². The van der Waals surface area contributed by atoms with Crippen molar-refractivity contribution >= 4 is 33.8 Å². The van der Waals surface area contributed by atoms with Crippen molar-refractivity contribution in [3.63, 3.8) is 0 Å². The maximum atomic E-state index is 10.7. The van der Waals surface area contributed by atoms with E-state index in [-0.39, 0.29) is 18.1 Å². The summed E-state index contributed by atoms with van der Waals surface area (Å²) in [4.78, 5) is 14.6. The fraction of sp³-hybridized carbons (Fsp3) is 0.333. The summed E-state index contributed by atoms with van der Waals surface area (Å²) in [5.41, 5.74) is 5.56. The zero-order valence-electron chi connectivity index (χ0n) is 18.0. The Kier molecular flexibility index (Phi) is 4.90. The number of piperazine rings is 1. The molecule has 7 heteroatoms. The van der Waals surface area contributed by atoms with Gasteiger partial charge in [0.2, 0.25) is 0 Å². The molecule has 5 rings (SSSR count). The van der Waals surface area contributed by atoms with Gasteiger partial charge in [-0.05, 0) is 49.4 Å². The van der Waals surface area contributed by atoms with Crippen LogP contribution < -0.4 is 9.80 Å². The maximum absolute atomic E-state index is 10.7. The van der Waals surface area contributed by atoms with E-state index in [0.717, 1.165) is 49.3 Å². The maximum Gasteiger partial charge on any atom is 0.145 e. The fourth-order valence-corrected chi connectivity index (χ4v) is 4.34. The van der Waals surface area contributed by atoms with E-state index in [2.05, 4.69) is 58.0 Å². The van der Waals surface area contributed by atoms with E-state index in [4.69, 9.17) is 5.41 Å². The van der Waals surface area contributed by atoms with Crippen molar-refractivity contribution < 1.29 is 5.11 Å². The van der Waals surface area contributed by atoms with Gasteiger partial charge in [-0.3, -0.25) is 5.41 Å². The van der Waals surface area contributed by atoms with Crippen molar-refractivity contribution in [2.75, 3.05) is 49.6 Å². The molecule has 0 saturated carbocycles. The minimum atomic E-state index is 0.169. The van der Waals surface area contributed by atoms with Gasteiger partial charge in [0.05, 0.1) is 23.2 Å². The van der Waals surface area contributed by atoms with E-state index < -0.39 is 0 Å². The molecule has 3 N–H and O–H groups in total. The Morgan fingerprint density at radius 1 is 1.03 bits per heavy atom. The number of benzene rings is 2. The fourth-order valence-electron chi connectivity index (χ4n) is 4.34. The SMILES string of the molecule is CCc1ccc(N2CC(O)=C(c3nc4ccc(N5CCN(C)CC5)cc4[nH]3)C2=N)cc1. The second-order valence-electron chi connectivity index (χ2n) is 8.35. The Balaban J connectivity index is 1.41. The number of hydrogen-bond acceptors (Lipinski definition) is 5. The number of hydrogen-bond donors (Lipinski definition) is 3. The molecule has 1 aromatic heterocycles. The van der Waals surface area contributed by atoms with Crippen LogP contribution in [-0.2, 0) is 6.42 Å². The Bertz CT molecular complexity index is 1150. The van der Waals surface area contributed by atoms with Crippen LogP contribution in [0.25, 0.3) is 16.6 Å². The van der Waals surface area contributed by atoms with Gasteiger partial charge in [-0.15, -0.1) is 0 Å². The first kappa shape index (κ1) is 19.6. The van der Waals surface area contributed by atoms with Gasteiger partial charge in [-0.1, -0.05) is 19.1 Å². The van der Waals surface area contributed by atoms with Crippen LogP contribution in [0.1, 0.15) is 18.3 Å². The Hall–Kier alpha value is -3.32. The van der Waals surface area contributed by atoms with Crippen LogP contribution in [-0.4, -0.2) is 65.6 Å². The van der Waals surface area contributed by atoms with Gasteiger partial charge in [0, 0.05) is 37.6 Å². The first-order valence-electron chi connectivity index (χ1n) is 10.8. The zero-order chi connectivity index (χ0) is 21.5. The second-order valence-corrected chi connectivity index (χ2v) is 8.35. The first-order chi connectivity index (χ1) is 15.0. The third kappa shape index (κ3) is 3.55. The largest absolute Gasteiger partial charge is 0.509 e. The molecule has 0 radical (unpaired) electrons. The topological polar surface area (TPSA) is 82.5 Å². The molecule has 2 aliphatic rings. The molecule has 3 aromatic rings. The van der Waals surface area contributed by atoms with Crippen LogP contribution in [0.3, 0.4) is 0 Å². The average molecular weight is 417 g/mol. The number of amidine groups is 1. The summed E-state index contributed by atoms with van der Waals surface area (Å²) in [5, 5.41) is 19.4. The van der Waals surface area contributed by atoms with E-state index in [1.54, 1.807) is 0 Å². The van der Waals surface area contributed by atoms with Gasteiger partial charge in [0.15, 0.2) is 0 Å². The first-order valence-corrected chi connectivity index (χ1v) is 10.8. The number of aromatic amines is 1. The summed E-state index contributed by atoms with van der Waals surface area (Å²) in [7, 11) is 2.15. The number of H-pyrrole nitrogens is 1. The lowest BCUT2D eigenvalue weighted by Gasteiger charge is -2.34. The number of likely N-dealkylation sites (N-methyl/N-ethyl adjacent to an activating group) is 1. The van der Waals surface area contributed by atoms with Crippen LogP contribution >= 0.6 is 0 Å². The number of rotatable bonds is 4. The van der Waals surface area contributed by atoms with E-state index in [9.17, 15) is 5.11 Å². The summed E-state index contributed by atoms with van der Waals surface area (Å²) in [6.45, 7) is 6.52. The number of aliphatic hydroxyl groups is 1. The summed E-state index contributed by atoms with van der Waals surface area (Å²) in [5.74, 6) is 0.976. The molecule has 2 aliphatic heterocycles. The Morgan fingerprint density at radius 3 is 2.45 bits per heavy atom. The molecule has 160 valence electrons. The summed E-state index contributed by atoms with van der Waals surface area (Å²) >= 11 is 0. The molecule has 3 heterocycles. The summed E-state index contributed by atoms with van der Waals surface area (Å²) in [6, 6.07) is 14.4. The molecule has 31 heavy (non-hydrogen) atoms. The number of aromatic nitrogens is 2. The van der Waals surface area contributed by atoms with Crippen molar-refractivity contribution in [2.24, 2.45) is 0 Å². The van der Waals surface area contributed by atoms with Crippen molar-refractivity contribution in [2.45, 2.75) is 13.3 Å². The predicted octanol–water partition coefficient (Wildman–Crippen LogP) is 3.64. The number of aryl methyl sites for hydroxylation is 1. The predicted molar refractivity (Wildman–Crippen MR) is 126 cm³/mol. The molecular weight excluding hydrogens is 388 g/mol. The van der Waals surface area contributed by atoms with Gasteiger partial charge < -0.3 is 24.8 Å². The molecule has 0 bridgehead atoms. The normalized spacial score (nSPS) is 17.9. The molecule has 0 atom stereocenters. The number of nitrogens with one attached hydrogen (secondary N) is 2. The number of aliphatic hydroxyl groups excluding tert-OH is 1. The van der Waals surface area contributed by atoms with Crippen molar-refractivity contribution in [3.05, 3.63) is 59.6 Å². The van der Waals surface area contributed by atoms with Gasteiger partial charge in [-0.25, -0.2) is 4.98 Å². The van der Waals surface area contributed by atoms with Crippen LogP contribution in [0.4, 0.5) is 11.4 Å². The number of nitrogens with zero attached hydrogens (tertiary/aromatic N) is 4. The van der Waals surface area contributed by atoms with Crippen LogP contribution in [0.2, 0.25) is 0 Å². The van der Waals surface area contributed by atoms with Gasteiger partial charge >= 0.3 is 0 Å². The second kappa shape index (κ2) is 7.74. The highest BCUT2D eigenvalue weighted by Crippen LogP contribution is 2.32. The molecule has 0 unspecified atom stereocenters. The highest BCUT2D eigenvalue weighted by atomic mass is 16.3. The van der Waals surface area contributed by atoms with E-state index in [0.29, 0.717) is 11.4 Å². The zero-order valence-corrected chi connectivity index (χ0v) is 18.0. The third-order valence-corrected chi connectivity index (χ3v) is 6.33. The summed E-state index contributed by atoms with van der Waals surface area (Å²) < 4.78 is 0. The smallest absolute Gasteiger partial charge is 0.145 e. The van der Waals surface area contributed by atoms with E-state index >= 15 is 0 Å². The molecule has 1 saturated heterocycles. The van der Waals surface area contributed by atoms with E-state index in [1.165, 1.54) is 11.3 Å². The molecule has 1 fully saturated rings. The van der Waals surface area contributed by atoms with E-state index in [1.807, 2.05) is 23.1 Å². The molecule has 0 spiro atoms. The highest BCUT2D eigenvalue weighted by Gasteiger charge is 2.31. The van der Waals surface area contributed by atoms with Gasteiger partial charge in [-0.2, -0.15) is 0 Å². The summed E-state index contributed by atoms with van der Waals surface area (Å²) in [6.07, 6.45) is 0.974. The lowest BCUT2D eigenvalue weighted by atomic mass is 10.1. The molecule has 2 aromatic carbocycles. The van der Waals surface area contributed by atoms with Crippen molar-refractivity contribution in [3.8, 4) is 0 Å². The van der Waals surface area contributed by atoms with Gasteiger partial charge in [0.25, 0.3) is 0 Å². The van der Waals surface area contributed by atoms with Crippen LogP contribution in [0.15, 0.2) is 48.2 Å². The highest BCUT2D eigenvalue weighted by molar-refractivity contribution is 6.30. The number of imidazole rings is 1.